The molecule has 3 aromatic carbocycles. The highest BCUT2D eigenvalue weighted by Crippen LogP contribution is 2.27. The molecule has 0 radical (unpaired) electrons. The smallest absolute Gasteiger partial charge is 0.267 e. The second-order valence-corrected chi connectivity index (χ2v) is 7.49. The Morgan fingerprint density at radius 2 is 1.42 bits per heavy atom. The Labute approximate surface area is 151 Å². The summed E-state index contributed by atoms with van der Waals surface area (Å²) >= 11 is 0. The van der Waals surface area contributed by atoms with Crippen LogP contribution >= 0.6 is 0 Å². The van der Waals surface area contributed by atoms with Crippen molar-refractivity contribution in [3.05, 3.63) is 95.8 Å². The Morgan fingerprint density at radius 1 is 0.846 bits per heavy atom. The first kappa shape index (κ1) is 17.8. The Kier molecular flexibility index (Phi) is 4.86. The third kappa shape index (κ3) is 3.36. The van der Waals surface area contributed by atoms with Crippen molar-refractivity contribution in [3.8, 4) is 0 Å². The van der Waals surface area contributed by atoms with E-state index in [4.69, 9.17) is 0 Å². The molecule has 0 aliphatic carbocycles. The molecule has 0 aromatic heterocycles. The van der Waals surface area contributed by atoms with E-state index in [0.717, 1.165) is 11.6 Å². The molecule has 0 spiro atoms. The van der Waals surface area contributed by atoms with E-state index < -0.39 is 21.7 Å². The van der Waals surface area contributed by atoms with Gasteiger partial charge in [-0.3, -0.25) is 4.79 Å². The number of sulfonamides is 1. The first-order valence-corrected chi connectivity index (χ1v) is 9.31. The number of hydrogen-bond acceptors (Lipinski definition) is 3. The number of amides is 1. The zero-order valence-corrected chi connectivity index (χ0v) is 14.8. The Morgan fingerprint density at radius 3 is 2.04 bits per heavy atom. The van der Waals surface area contributed by atoms with Gasteiger partial charge in [-0.2, -0.15) is 4.31 Å². The van der Waals surface area contributed by atoms with Gasteiger partial charge in [-0.05, 0) is 43.3 Å². The van der Waals surface area contributed by atoms with Crippen LogP contribution in [0, 0.1) is 12.7 Å². The van der Waals surface area contributed by atoms with Gasteiger partial charge in [0.2, 0.25) is 0 Å². The van der Waals surface area contributed by atoms with Crippen molar-refractivity contribution in [3.63, 3.8) is 0 Å². The molecule has 0 unspecified atom stereocenters. The van der Waals surface area contributed by atoms with Crippen LogP contribution in [0.25, 0.3) is 0 Å². The standard InChI is InChI=1S/C20H16FNO3S/c1-15-11-13-16(14-12-15)22(20(23)18-9-5-6-10-19(18)21)26(24,25)17-7-3-2-4-8-17/h2-14H,1H3. The molecular formula is C20H16FNO3S. The summed E-state index contributed by atoms with van der Waals surface area (Å²) in [6.07, 6.45) is 0. The van der Waals surface area contributed by atoms with Crippen molar-refractivity contribution >= 4 is 21.6 Å². The maximum absolute atomic E-state index is 14.1. The van der Waals surface area contributed by atoms with E-state index in [1.54, 1.807) is 30.3 Å². The number of rotatable bonds is 4. The van der Waals surface area contributed by atoms with Crippen LogP contribution in [0.5, 0.6) is 0 Å². The summed E-state index contributed by atoms with van der Waals surface area (Å²) in [6, 6.07) is 19.3. The third-order valence-corrected chi connectivity index (χ3v) is 5.56. The SMILES string of the molecule is Cc1ccc(N(C(=O)c2ccccc2F)S(=O)(=O)c2ccccc2)cc1. The van der Waals surface area contributed by atoms with Crippen molar-refractivity contribution in [1.82, 2.24) is 0 Å². The molecule has 0 saturated carbocycles. The van der Waals surface area contributed by atoms with Gasteiger partial charge in [0, 0.05) is 0 Å². The first-order chi connectivity index (χ1) is 12.4. The van der Waals surface area contributed by atoms with Crippen LogP contribution in [0.1, 0.15) is 15.9 Å². The topological polar surface area (TPSA) is 54.5 Å². The molecule has 6 heteroatoms. The predicted molar refractivity (Wildman–Crippen MR) is 98.0 cm³/mol. The average molecular weight is 369 g/mol. The lowest BCUT2D eigenvalue weighted by Crippen LogP contribution is -2.37. The number of anilines is 1. The van der Waals surface area contributed by atoms with E-state index in [1.807, 2.05) is 6.92 Å². The van der Waals surface area contributed by atoms with Crippen LogP contribution in [0.3, 0.4) is 0 Å². The molecule has 3 rings (SSSR count). The van der Waals surface area contributed by atoms with Gasteiger partial charge in [-0.25, -0.2) is 12.8 Å². The van der Waals surface area contributed by atoms with Gasteiger partial charge in [0.05, 0.1) is 16.1 Å². The van der Waals surface area contributed by atoms with Crippen molar-refractivity contribution in [1.29, 1.82) is 0 Å². The zero-order chi connectivity index (χ0) is 18.7. The summed E-state index contributed by atoms with van der Waals surface area (Å²) in [4.78, 5) is 12.9. The van der Waals surface area contributed by atoms with E-state index in [0.29, 0.717) is 4.31 Å². The lowest BCUT2D eigenvalue weighted by Gasteiger charge is -2.23. The van der Waals surface area contributed by atoms with E-state index in [-0.39, 0.29) is 16.1 Å². The normalized spacial score (nSPS) is 11.2. The minimum Gasteiger partial charge on any atom is -0.267 e. The molecule has 0 aliphatic rings. The second-order valence-electron chi connectivity index (χ2n) is 5.70. The van der Waals surface area contributed by atoms with E-state index in [2.05, 4.69) is 0 Å². The van der Waals surface area contributed by atoms with Gasteiger partial charge in [0.15, 0.2) is 0 Å². The van der Waals surface area contributed by atoms with E-state index in [1.165, 1.54) is 42.5 Å². The average Bonchev–Trinajstić information content (AvgIpc) is 2.64. The van der Waals surface area contributed by atoms with Gasteiger partial charge < -0.3 is 0 Å². The number of nitrogens with zero attached hydrogens (tertiary/aromatic N) is 1. The molecule has 0 heterocycles. The fourth-order valence-electron chi connectivity index (χ4n) is 2.49. The maximum atomic E-state index is 14.1. The summed E-state index contributed by atoms with van der Waals surface area (Å²) in [7, 11) is -4.21. The molecule has 3 aromatic rings. The van der Waals surface area contributed by atoms with E-state index in [9.17, 15) is 17.6 Å². The lowest BCUT2D eigenvalue weighted by atomic mass is 10.2. The first-order valence-electron chi connectivity index (χ1n) is 7.87. The number of hydrogen-bond donors (Lipinski definition) is 0. The van der Waals surface area contributed by atoms with E-state index >= 15 is 0 Å². The summed E-state index contributed by atoms with van der Waals surface area (Å²) in [6.45, 7) is 1.85. The Balaban J connectivity index is 2.19. The summed E-state index contributed by atoms with van der Waals surface area (Å²) in [5.74, 6) is -1.73. The largest absolute Gasteiger partial charge is 0.275 e. The molecule has 0 aliphatic heterocycles. The van der Waals surface area contributed by atoms with Gasteiger partial charge in [0.1, 0.15) is 5.82 Å². The van der Waals surface area contributed by atoms with Gasteiger partial charge in [0.25, 0.3) is 15.9 Å². The van der Waals surface area contributed by atoms with Gasteiger partial charge >= 0.3 is 0 Å². The highest BCUT2D eigenvalue weighted by atomic mass is 32.2. The molecule has 0 N–H and O–H groups in total. The Hall–Kier alpha value is -2.99. The van der Waals surface area contributed by atoms with Crippen LogP contribution in [-0.4, -0.2) is 14.3 Å². The van der Waals surface area contributed by atoms with Crippen LogP contribution in [-0.2, 0) is 10.0 Å². The highest BCUT2D eigenvalue weighted by Gasteiger charge is 2.32. The third-order valence-electron chi connectivity index (χ3n) is 3.84. The van der Waals surface area contributed by atoms with Crippen molar-refractivity contribution in [2.45, 2.75) is 11.8 Å². The number of halogens is 1. The maximum Gasteiger partial charge on any atom is 0.275 e. The molecule has 0 bridgehead atoms. The summed E-state index contributed by atoms with van der Waals surface area (Å²) < 4.78 is 41.0. The number of aryl methyl sites for hydroxylation is 1. The van der Waals surface area contributed by atoms with Crippen molar-refractivity contribution in [2.24, 2.45) is 0 Å². The molecule has 132 valence electrons. The van der Waals surface area contributed by atoms with Crippen LogP contribution in [0.2, 0.25) is 0 Å². The van der Waals surface area contributed by atoms with Crippen LogP contribution in [0.4, 0.5) is 10.1 Å². The Bertz CT molecular complexity index is 1030. The highest BCUT2D eigenvalue weighted by molar-refractivity contribution is 7.93. The molecule has 4 nitrogen and oxygen atoms in total. The second kappa shape index (κ2) is 7.09. The lowest BCUT2D eigenvalue weighted by molar-refractivity contribution is 0.100. The van der Waals surface area contributed by atoms with Crippen molar-refractivity contribution in [2.75, 3.05) is 4.31 Å². The van der Waals surface area contributed by atoms with Crippen LogP contribution < -0.4 is 4.31 Å². The monoisotopic (exact) mass is 369 g/mol. The van der Waals surface area contributed by atoms with Gasteiger partial charge in [-0.15, -0.1) is 0 Å². The minimum atomic E-state index is -4.21. The zero-order valence-electron chi connectivity index (χ0n) is 14.0. The molecule has 0 fully saturated rings. The fourth-order valence-corrected chi connectivity index (χ4v) is 3.92. The predicted octanol–water partition coefficient (Wildman–Crippen LogP) is 4.17. The summed E-state index contributed by atoms with van der Waals surface area (Å²) in [5, 5.41) is 0. The minimum absolute atomic E-state index is 0.0507. The summed E-state index contributed by atoms with van der Waals surface area (Å²) in [5.41, 5.74) is 0.740. The molecule has 0 saturated heterocycles. The van der Waals surface area contributed by atoms with Gasteiger partial charge in [-0.1, -0.05) is 48.0 Å². The fraction of sp³-hybridized carbons (Fsp3) is 0.0500. The molecular weight excluding hydrogens is 353 g/mol. The number of benzene rings is 3. The quantitative estimate of drug-likeness (QED) is 0.694. The number of carbonyl (C=O) groups excluding carboxylic acids is 1. The van der Waals surface area contributed by atoms with Crippen molar-refractivity contribution < 1.29 is 17.6 Å². The molecule has 26 heavy (non-hydrogen) atoms. The van der Waals surface area contributed by atoms with Crippen LogP contribution in [0.15, 0.2) is 83.8 Å². The number of carbonyl (C=O) groups is 1. The molecule has 0 atom stereocenters. The molecule has 1 amide bonds.